The average molecular weight is 156 g/mol. The normalized spacial score (nSPS) is 7.67. The van der Waals surface area contributed by atoms with Crippen LogP contribution < -0.4 is 4.74 Å². The molecule has 0 atom stereocenters. The molecule has 46 valence electrons. The van der Waals surface area contributed by atoms with Gasteiger partial charge in [-0.3, -0.25) is 0 Å². The molecule has 1 aromatic carbocycles. The molecule has 0 aliphatic rings. The summed E-state index contributed by atoms with van der Waals surface area (Å²) in [5, 5.41) is 0. The van der Waals surface area contributed by atoms with Gasteiger partial charge < -0.3 is 4.74 Å². The van der Waals surface area contributed by atoms with Crippen LogP contribution in [0.2, 0.25) is 0 Å². The number of hydrogen-bond acceptors (Lipinski definition) is 1. The summed E-state index contributed by atoms with van der Waals surface area (Å²) in [6.45, 7) is 0. The van der Waals surface area contributed by atoms with Gasteiger partial charge in [0.1, 0.15) is 5.75 Å². The molecule has 1 rings (SSSR count). The summed E-state index contributed by atoms with van der Waals surface area (Å²) in [5.74, 6) is 0.910. The van der Waals surface area contributed by atoms with Crippen LogP contribution in [0.4, 0.5) is 0 Å². The summed E-state index contributed by atoms with van der Waals surface area (Å²) >= 11 is 0. The van der Waals surface area contributed by atoms with Gasteiger partial charge >= 0.3 is 0 Å². The molecule has 0 radical (unpaired) electrons. The molecule has 0 amide bonds. The van der Waals surface area contributed by atoms with E-state index >= 15 is 0 Å². The van der Waals surface area contributed by atoms with Crippen molar-refractivity contribution < 1.29 is 26.5 Å². The average Bonchev–Trinajstić information content (AvgIpc) is 1.90. The number of para-hydroxylation sites is 1. The molecule has 0 unspecified atom stereocenters. The Hall–Kier alpha value is -0.266. The van der Waals surface area contributed by atoms with Crippen LogP contribution in [-0.4, -0.2) is 7.11 Å². The van der Waals surface area contributed by atoms with Crippen LogP contribution in [-0.2, 0) is 21.7 Å². The molecule has 0 N–H and O–H groups in total. The van der Waals surface area contributed by atoms with Crippen molar-refractivity contribution in [1.29, 1.82) is 0 Å². The summed E-state index contributed by atoms with van der Waals surface area (Å²) in [5.41, 5.74) is 0. The molecular formula is C7H8OTi. The van der Waals surface area contributed by atoms with E-state index in [-0.39, 0.29) is 21.7 Å². The zero-order valence-corrected chi connectivity index (χ0v) is 6.86. The Morgan fingerprint density at radius 1 is 1.11 bits per heavy atom. The molecule has 0 saturated carbocycles. The molecule has 0 aliphatic carbocycles. The number of hydrogen-bond donors (Lipinski definition) is 0. The van der Waals surface area contributed by atoms with Crippen LogP contribution in [0.25, 0.3) is 0 Å². The van der Waals surface area contributed by atoms with Crippen LogP contribution in [0, 0.1) is 0 Å². The molecule has 0 heterocycles. The molecule has 0 aromatic heterocycles. The van der Waals surface area contributed by atoms with Crippen LogP contribution >= 0.6 is 0 Å². The SMILES string of the molecule is COc1ccccc1.[Ti]. The van der Waals surface area contributed by atoms with E-state index in [0.29, 0.717) is 0 Å². The molecule has 1 aromatic rings. The van der Waals surface area contributed by atoms with Gasteiger partial charge in [-0.25, -0.2) is 0 Å². The first-order valence-corrected chi connectivity index (χ1v) is 2.52. The number of ether oxygens (including phenoxy) is 1. The van der Waals surface area contributed by atoms with Gasteiger partial charge in [-0.15, -0.1) is 0 Å². The third kappa shape index (κ3) is 2.68. The maximum absolute atomic E-state index is 4.91. The Labute approximate surface area is 69.9 Å². The first-order chi connectivity index (χ1) is 3.93. The third-order valence-corrected chi connectivity index (χ3v) is 0.979. The topological polar surface area (TPSA) is 9.23 Å². The quantitative estimate of drug-likeness (QED) is 0.562. The Morgan fingerprint density at radius 2 is 1.67 bits per heavy atom. The largest absolute Gasteiger partial charge is 0.497 e. The maximum Gasteiger partial charge on any atom is 0.118 e. The fourth-order valence-corrected chi connectivity index (χ4v) is 0.557. The van der Waals surface area contributed by atoms with Gasteiger partial charge in [0.15, 0.2) is 0 Å². The van der Waals surface area contributed by atoms with E-state index in [9.17, 15) is 0 Å². The molecule has 0 fully saturated rings. The van der Waals surface area contributed by atoms with Gasteiger partial charge in [0, 0.05) is 21.7 Å². The predicted octanol–water partition coefficient (Wildman–Crippen LogP) is 1.69. The second-order valence-corrected chi connectivity index (χ2v) is 1.52. The van der Waals surface area contributed by atoms with Crippen molar-refractivity contribution in [2.24, 2.45) is 0 Å². The summed E-state index contributed by atoms with van der Waals surface area (Å²) in [6.07, 6.45) is 0. The zero-order chi connectivity index (χ0) is 5.82. The van der Waals surface area contributed by atoms with Crippen molar-refractivity contribution in [2.75, 3.05) is 7.11 Å². The van der Waals surface area contributed by atoms with Crippen molar-refractivity contribution in [3.8, 4) is 5.75 Å². The number of rotatable bonds is 1. The van der Waals surface area contributed by atoms with Gasteiger partial charge in [-0.05, 0) is 12.1 Å². The molecule has 2 heteroatoms. The van der Waals surface area contributed by atoms with E-state index in [2.05, 4.69) is 0 Å². The fourth-order valence-electron chi connectivity index (χ4n) is 0.557. The molecule has 1 nitrogen and oxygen atoms in total. The van der Waals surface area contributed by atoms with E-state index < -0.39 is 0 Å². The third-order valence-electron chi connectivity index (χ3n) is 0.979. The first kappa shape index (κ1) is 8.73. The maximum atomic E-state index is 4.91. The molecule has 0 spiro atoms. The van der Waals surface area contributed by atoms with E-state index in [1.807, 2.05) is 30.3 Å². The van der Waals surface area contributed by atoms with Gasteiger partial charge in [0.2, 0.25) is 0 Å². The number of methoxy groups -OCH3 is 1. The zero-order valence-electron chi connectivity index (χ0n) is 5.29. The second-order valence-electron chi connectivity index (χ2n) is 1.52. The first-order valence-electron chi connectivity index (χ1n) is 2.52. The van der Waals surface area contributed by atoms with Crippen molar-refractivity contribution in [1.82, 2.24) is 0 Å². The van der Waals surface area contributed by atoms with E-state index in [0.717, 1.165) is 5.75 Å². The van der Waals surface area contributed by atoms with Crippen molar-refractivity contribution in [3.05, 3.63) is 30.3 Å². The van der Waals surface area contributed by atoms with Gasteiger partial charge in [0.25, 0.3) is 0 Å². The van der Waals surface area contributed by atoms with Gasteiger partial charge in [-0.2, -0.15) is 0 Å². The minimum Gasteiger partial charge on any atom is -0.497 e. The van der Waals surface area contributed by atoms with Crippen molar-refractivity contribution >= 4 is 0 Å². The Balaban J connectivity index is 0.000000640. The minimum atomic E-state index is 0. The minimum absolute atomic E-state index is 0. The molecule has 9 heavy (non-hydrogen) atoms. The standard InChI is InChI=1S/C7H8O.Ti/c1-8-7-5-3-2-4-6-7;/h2-6H,1H3;. The van der Waals surface area contributed by atoms with Crippen LogP contribution in [0.5, 0.6) is 5.75 Å². The summed E-state index contributed by atoms with van der Waals surface area (Å²) in [4.78, 5) is 0. The van der Waals surface area contributed by atoms with Crippen LogP contribution in [0.3, 0.4) is 0 Å². The Kier molecular flexibility index (Phi) is 4.46. The number of benzene rings is 1. The van der Waals surface area contributed by atoms with Crippen molar-refractivity contribution in [2.45, 2.75) is 0 Å². The fraction of sp³-hybridized carbons (Fsp3) is 0.143. The van der Waals surface area contributed by atoms with E-state index in [1.54, 1.807) is 7.11 Å². The second kappa shape index (κ2) is 4.60. The summed E-state index contributed by atoms with van der Waals surface area (Å²) in [7, 11) is 1.66. The predicted molar refractivity (Wildman–Crippen MR) is 33.0 cm³/mol. The van der Waals surface area contributed by atoms with E-state index in [4.69, 9.17) is 4.74 Å². The van der Waals surface area contributed by atoms with Crippen LogP contribution in [0.15, 0.2) is 30.3 Å². The molecule has 0 bridgehead atoms. The van der Waals surface area contributed by atoms with E-state index in [1.165, 1.54) is 0 Å². The summed E-state index contributed by atoms with van der Waals surface area (Å²) in [6, 6.07) is 9.68. The van der Waals surface area contributed by atoms with Crippen LogP contribution in [0.1, 0.15) is 0 Å². The van der Waals surface area contributed by atoms with Crippen molar-refractivity contribution in [3.63, 3.8) is 0 Å². The van der Waals surface area contributed by atoms with Gasteiger partial charge in [-0.1, -0.05) is 18.2 Å². The van der Waals surface area contributed by atoms with Gasteiger partial charge in [0.05, 0.1) is 7.11 Å². The molecular weight excluding hydrogens is 148 g/mol. The molecule has 0 saturated heterocycles. The molecule has 0 aliphatic heterocycles. The summed E-state index contributed by atoms with van der Waals surface area (Å²) < 4.78 is 4.91. The Bertz CT molecular complexity index is 150. The Morgan fingerprint density at radius 3 is 2.00 bits per heavy atom. The monoisotopic (exact) mass is 156 g/mol. The smallest absolute Gasteiger partial charge is 0.118 e.